The number of nitrogens with zero attached hydrogens (tertiary/aromatic N) is 1. The molecule has 1 heterocycles. The van der Waals surface area contributed by atoms with E-state index in [9.17, 15) is 4.79 Å². The number of nitrogens with one attached hydrogen (secondary N) is 1. The summed E-state index contributed by atoms with van der Waals surface area (Å²) >= 11 is 0. The van der Waals surface area contributed by atoms with Crippen LogP contribution in [0.2, 0.25) is 0 Å². The van der Waals surface area contributed by atoms with Crippen LogP contribution < -0.4 is 5.32 Å². The Kier molecular flexibility index (Phi) is 9.42. The van der Waals surface area contributed by atoms with Crippen molar-refractivity contribution in [1.82, 2.24) is 10.2 Å². The average molecular weight is 279 g/mol. The number of carbonyl (C=O) groups excluding carboxylic acids is 1. The Morgan fingerprint density at radius 2 is 2.22 bits per heavy atom. The molecule has 0 saturated carbocycles. The molecule has 0 bridgehead atoms. The lowest BCUT2D eigenvalue weighted by molar-refractivity contribution is -0.145. The van der Waals surface area contributed by atoms with Gasteiger partial charge in [-0.1, -0.05) is 0 Å². The van der Waals surface area contributed by atoms with Gasteiger partial charge in [0.2, 0.25) is 0 Å². The summed E-state index contributed by atoms with van der Waals surface area (Å²) in [7, 11) is 0. The molecule has 1 atom stereocenters. The maximum atomic E-state index is 11.5. The van der Waals surface area contributed by atoms with Crippen LogP contribution in [-0.4, -0.2) is 49.7 Å². The number of halogens is 1. The van der Waals surface area contributed by atoms with Crippen molar-refractivity contribution in [3.8, 4) is 0 Å². The second-order valence-corrected chi connectivity index (χ2v) is 5.04. The highest BCUT2D eigenvalue weighted by Gasteiger charge is 2.21. The number of rotatable bonds is 6. The maximum absolute atomic E-state index is 11.5. The van der Waals surface area contributed by atoms with Gasteiger partial charge in [0.15, 0.2) is 0 Å². The minimum Gasteiger partial charge on any atom is -0.465 e. The summed E-state index contributed by atoms with van der Waals surface area (Å²) in [6.07, 6.45) is 2.51. The van der Waals surface area contributed by atoms with Gasteiger partial charge in [0.25, 0.3) is 0 Å². The van der Waals surface area contributed by atoms with E-state index in [2.05, 4.69) is 24.1 Å². The lowest BCUT2D eigenvalue weighted by Gasteiger charge is -2.32. The Balaban J connectivity index is 0.00000289. The predicted molar refractivity (Wildman–Crippen MR) is 76.2 cm³/mol. The summed E-state index contributed by atoms with van der Waals surface area (Å²) in [6.45, 7) is 10.2. The van der Waals surface area contributed by atoms with E-state index >= 15 is 0 Å². The number of hydrogen-bond donors (Lipinski definition) is 1. The van der Waals surface area contributed by atoms with Crippen molar-refractivity contribution in [1.29, 1.82) is 0 Å². The zero-order chi connectivity index (χ0) is 12.7. The third kappa shape index (κ3) is 6.57. The van der Waals surface area contributed by atoms with Gasteiger partial charge >= 0.3 is 5.97 Å². The first kappa shape index (κ1) is 17.7. The van der Waals surface area contributed by atoms with Gasteiger partial charge in [0.05, 0.1) is 13.2 Å². The summed E-state index contributed by atoms with van der Waals surface area (Å²) in [5, 5.41) is 3.41. The summed E-state index contributed by atoms with van der Waals surface area (Å²) < 4.78 is 5.02. The van der Waals surface area contributed by atoms with E-state index in [1.54, 1.807) is 0 Å². The van der Waals surface area contributed by atoms with Crippen LogP contribution in [0.25, 0.3) is 0 Å². The number of ether oxygens (including phenoxy) is 1. The number of carbonyl (C=O) groups is 1. The third-order valence-corrected chi connectivity index (χ3v) is 3.26. The van der Waals surface area contributed by atoms with Gasteiger partial charge in [-0.25, -0.2) is 0 Å². The highest BCUT2D eigenvalue weighted by molar-refractivity contribution is 5.85. The summed E-state index contributed by atoms with van der Waals surface area (Å²) in [4.78, 5) is 13.7. The fourth-order valence-electron chi connectivity index (χ4n) is 2.24. The Morgan fingerprint density at radius 1 is 1.50 bits per heavy atom. The second-order valence-electron chi connectivity index (χ2n) is 5.04. The fourth-order valence-corrected chi connectivity index (χ4v) is 2.24. The van der Waals surface area contributed by atoms with Crippen molar-refractivity contribution in [2.24, 2.45) is 5.92 Å². The van der Waals surface area contributed by atoms with Crippen LogP contribution in [0.1, 0.15) is 33.6 Å². The normalized spacial score (nSPS) is 19.7. The minimum atomic E-state index is -0.107. The molecule has 108 valence electrons. The molecule has 1 N–H and O–H groups in total. The molecular formula is C13H27ClN2O2. The molecule has 4 nitrogen and oxygen atoms in total. The Bertz CT molecular complexity index is 231. The Labute approximate surface area is 117 Å². The zero-order valence-corrected chi connectivity index (χ0v) is 12.6. The van der Waals surface area contributed by atoms with Crippen LogP contribution in [-0.2, 0) is 9.53 Å². The molecule has 0 aromatic carbocycles. The summed E-state index contributed by atoms with van der Waals surface area (Å²) in [5.74, 6) is 0.561. The first-order valence-corrected chi connectivity index (χ1v) is 6.73. The van der Waals surface area contributed by atoms with Gasteiger partial charge in [0.1, 0.15) is 0 Å². The molecule has 18 heavy (non-hydrogen) atoms. The molecule has 1 aliphatic rings. The van der Waals surface area contributed by atoms with E-state index in [4.69, 9.17) is 4.74 Å². The van der Waals surface area contributed by atoms with Crippen LogP contribution in [0.15, 0.2) is 0 Å². The van der Waals surface area contributed by atoms with Crippen molar-refractivity contribution in [2.45, 2.75) is 39.7 Å². The van der Waals surface area contributed by atoms with Gasteiger partial charge in [-0.2, -0.15) is 0 Å². The van der Waals surface area contributed by atoms with E-state index in [0.29, 0.717) is 25.1 Å². The van der Waals surface area contributed by atoms with E-state index in [0.717, 1.165) is 19.6 Å². The van der Waals surface area contributed by atoms with Crippen LogP contribution >= 0.6 is 12.4 Å². The number of piperidine rings is 1. The molecule has 1 aliphatic heterocycles. The smallest absolute Gasteiger partial charge is 0.320 e. The molecule has 0 spiro atoms. The second kappa shape index (κ2) is 9.59. The lowest BCUT2D eigenvalue weighted by Crippen LogP contribution is -2.43. The summed E-state index contributed by atoms with van der Waals surface area (Å²) in [5.41, 5.74) is 0. The monoisotopic (exact) mass is 278 g/mol. The average Bonchev–Trinajstić information content (AvgIpc) is 2.29. The molecule has 1 unspecified atom stereocenters. The Hall–Kier alpha value is -0.320. The van der Waals surface area contributed by atoms with Crippen molar-refractivity contribution < 1.29 is 9.53 Å². The molecule has 0 amide bonds. The van der Waals surface area contributed by atoms with Crippen LogP contribution in [0.5, 0.6) is 0 Å². The first-order chi connectivity index (χ1) is 8.13. The first-order valence-electron chi connectivity index (χ1n) is 6.73. The topological polar surface area (TPSA) is 41.6 Å². The molecule has 0 aromatic rings. The van der Waals surface area contributed by atoms with Gasteiger partial charge in [-0.3, -0.25) is 9.69 Å². The van der Waals surface area contributed by atoms with Gasteiger partial charge in [-0.05, 0) is 52.6 Å². The van der Waals surface area contributed by atoms with Crippen LogP contribution in [0.4, 0.5) is 0 Å². The lowest BCUT2D eigenvalue weighted by atomic mass is 9.98. The standard InChI is InChI=1S/C13H26N2O2.ClH/c1-4-17-13(16)10-15(11(2)3)9-12-6-5-7-14-8-12;/h11-12,14H,4-10H2,1-3H3;1H. The number of hydrogen-bond acceptors (Lipinski definition) is 4. The molecule has 0 aromatic heterocycles. The third-order valence-electron chi connectivity index (χ3n) is 3.26. The van der Waals surface area contributed by atoms with Crippen LogP contribution in [0.3, 0.4) is 0 Å². The van der Waals surface area contributed by atoms with E-state index in [-0.39, 0.29) is 18.4 Å². The SMILES string of the molecule is CCOC(=O)CN(CC1CCCNC1)C(C)C.Cl. The van der Waals surface area contributed by atoms with E-state index < -0.39 is 0 Å². The summed E-state index contributed by atoms with van der Waals surface area (Å²) in [6, 6.07) is 0.390. The van der Waals surface area contributed by atoms with Crippen molar-refractivity contribution in [2.75, 3.05) is 32.8 Å². The predicted octanol–water partition coefficient (Wildman–Crippen LogP) is 1.68. The molecule has 1 fully saturated rings. The Morgan fingerprint density at radius 3 is 2.72 bits per heavy atom. The van der Waals surface area contributed by atoms with E-state index in [1.165, 1.54) is 12.8 Å². The van der Waals surface area contributed by atoms with Crippen molar-refractivity contribution in [3.63, 3.8) is 0 Å². The molecule has 0 aliphatic carbocycles. The fraction of sp³-hybridized carbons (Fsp3) is 0.923. The molecule has 5 heteroatoms. The molecule has 1 rings (SSSR count). The quantitative estimate of drug-likeness (QED) is 0.751. The zero-order valence-electron chi connectivity index (χ0n) is 11.8. The highest BCUT2D eigenvalue weighted by Crippen LogP contribution is 2.13. The van der Waals surface area contributed by atoms with Crippen molar-refractivity contribution in [3.05, 3.63) is 0 Å². The molecule has 0 radical (unpaired) electrons. The van der Waals surface area contributed by atoms with Gasteiger partial charge in [0, 0.05) is 12.6 Å². The van der Waals surface area contributed by atoms with E-state index in [1.807, 2.05) is 6.92 Å². The van der Waals surface area contributed by atoms with Gasteiger partial charge < -0.3 is 10.1 Å². The number of esters is 1. The van der Waals surface area contributed by atoms with Crippen molar-refractivity contribution >= 4 is 18.4 Å². The van der Waals surface area contributed by atoms with Crippen LogP contribution in [0, 0.1) is 5.92 Å². The maximum Gasteiger partial charge on any atom is 0.320 e. The largest absolute Gasteiger partial charge is 0.465 e. The highest BCUT2D eigenvalue weighted by atomic mass is 35.5. The molecular weight excluding hydrogens is 252 g/mol. The molecule has 1 saturated heterocycles. The van der Waals surface area contributed by atoms with Gasteiger partial charge in [-0.15, -0.1) is 12.4 Å². The minimum absolute atomic E-state index is 0.